The van der Waals surface area contributed by atoms with Crippen LogP contribution < -0.4 is 10.6 Å². The van der Waals surface area contributed by atoms with Crippen molar-refractivity contribution in [1.82, 2.24) is 5.32 Å². The first-order valence-electron chi connectivity index (χ1n) is 9.83. The average molecular weight is 386 g/mol. The van der Waals surface area contributed by atoms with Crippen molar-refractivity contribution >= 4 is 17.5 Å². The number of benzene rings is 3. The number of hydrogen-bond acceptors (Lipinski definition) is 2. The van der Waals surface area contributed by atoms with Gasteiger partial charge in [0.25, 0.3) is 5.91 Å². The standard InChI is InChI=1S/C25H26N2O2/c1-18(2)23(27-24(28)20-13-7-4-8-14-20)25(29)26-22-16-10-9-15-21(22)17-19-11-5-3-6-12-19/h3-16,18,23H,17H2,1-2H3,(H,26,29)(H,27,28)/t23-/m1/s1. The molecule has 4 heteroatoms. The molecule has 0 aliphatic rings. The van der Waals surface area contributed by atoms with Gasteiger partial charge in [0.1, 0.15) is 6.04 Å². The van der Waals surface area contributed by atoms with E-state index in [0.717, 1.165) is 17.7 Å². The topological polar surface area (TPSA) is 58.2 Å². The van der Waals surface area contributed by atoms with Gasteiger partial charge in [-0.15, -0.1) is 0 Å². The fourth-order valence-electron chi connectivity index (χ4n) is 3.17. The van der Waals surface area contributed by atoms with E-state index in [1.54, 1.807) is 24.3 Å². The fourth-order valence-corrected chi connectivity index (χ4v) is 3.17. The van der Waals surface area contributed by atoms with E-state index in [9.17, 15) is 9.59 Å². The minimum atomic E-state index is -0.632. The summed E-state index contributed by atoms with van der Waals surface area (Å²) in [5.41, 5.74) is 3.51. The van der Waals surface area contributed by atoms with E-state index < -0.39 is 6.04 Å². The Morgan fingerprint density at radius 3 is 2.03 bits per heavy atom. The van der Waals surface area contributed by atoms with Gasteiger partial charge >= 0.3 is 0 Å². The minimum absolute atomic E-state index is 0.0519. The maximum Gasteiger partial charge on any atom is 0.251 e. The molecule has 0 unspecified atom stereocenters. The molecular formula is C25H26N2O2. The van der Waals surface area contributed by atoms with Gasteiger partial charge in [-0.25, -0.2) is 0 Å². The molecule has 0 bridgehead atoms. The lowest BCUT2D eigenvalue weighted by atomic mass is 10.0. The van der Waals surface area contributed by atoms with E-state index in [1.165, 1.54) is 5.56 Å². The Kier molecular flexibility index (Phi) is 6.80. The van der Waals surface area contributed by atoms with Gasteiger partial charge in [0, 0.05) is 11.3 Å². The lowest BCUT2D eigenvalue weighted by Crippen LogP contribution is -2.47. The molecule has 3 aromatic rings. The second-order valence-electron chi connectivity index (χ2n) is 7.37. The summed E-state index contributed by atoms with van der Waals surface area (Å²) < 4.78 is 0. The van der Waals surface area contributed by atoms with Crippen LogP contribution in [0, 0.1) is 5.92 Å². The quantitative estimate of drug-likeness (QED) is 0.620. The number of carbonyl (C=O) groups excluding carboxylic acids is 2. The van der Waals surface area contributed by atoms with Gasteiger partial charge in [-0.2, -0.15) is 0 Å². The number of hydrogen-bond donors (Lipinski definition) is 2. The van der Waals surface area contributed by atoms with Crippen molar-refractivity contribution in [2.24, 2.45) is 5.92 Å². The highest BCUT2D eigenvalue weighted by Gasteiger charge is 2.25. The first-order valence-corrected chi connectivity index (χ1v) is 9.83. The van der Waals surface area contributed by atoms with E-state index in [2.05, 4.69) is 22.8 Å². The van der Waals surface area contributed by atoms with Crippen LogP contribution in [0.5, 0.6) is 0 Å². The summed E-state index contributed by atoms with van der Waals surface area (Å²) in [5.74, 6) is -0.522. The molecule has 3 rings (SSSR count). The van der Waals surface area contributed by atoms with Gasteiger partial charge < -0.3 is 10.6 Å². The Morgan fingerprint density at radius 2 is 1.38 bits per heavy atom. The molecule has 0 aromatic heterocycles. The second kappa shape index (κ2) is 9.69. The molecule has 0 saturated heterocycles. The molecule has 2 N–H and O–H groups in total. The zero-order valence-electron chi connectivity index (χ0n) is 16.8. The molecule has 2 amide bonds. The molecule has 0 aliphatic heterocycles. The van der Waals surface area contributed by atoms with Gasteiger partial charge in [0.15, 0.2) is 0 Å². The molecule has 0 fully saturated rings. The van der Waals surface area contributed by atoms with Crippen molar-refractivity contribution in [3.05, 3.63) is 102 Å². The summed E-state index contributed by atoms with van der Waals surface area (Å²) >= 11 is 0. The van der Waals surface area contributed by atoms with Gasteiger partial charge in [-0.3, -0.25) is 9.59 Å². The molecule has 3 aromatic carbocycles. The van der Waals surface area contributed by atoms with Crippen LogP contribution >= 0.6 is 0 Å². The van der Waals surface area contributed by atoms with Crippen LogP contribution in [0.25, 0.3) is 0 Å². The first kappa shape index (κ1) is 20.3. The Labute approximate surface area is 172 Å². The smallest absolute Gasteiger partial charge is 0.251 e. The predicted molar refractivity (Wildman–Crippen MR) is 117 cm³/mol. The first-order chi connectivity index (χ1) is 14.0. The van der Waals surface area contributed by atoms with Gasteiger partial charge in [-0.05, 0) is 41.7 Å². The molecule has 0 aliphatic carbocycles. The van der Waals surface area contributed by atoms with E-state index in [-0.39, 0.29) is 17.7 Å². The highest BCUT2D eigenvalue weighted by Crippen LogP contribution is 2.20. The molecule has 29 heavy (non-hydrogen) atoms. The van der Waals surface area contributed by atoms with Crippen molar-refractivity contribution in [3.63, 3.8) is 0 Å². The second-order valence-corrected chi connectivity index (χ2v) is 7.37. The van der Waals surface area contributed by atoms with E-state index in [0.29, 0.717) is 5.56 Å². The third kappa shape index (κ3) is 5.55. The highest BCUT2D eigenvalue weighted by atomic mass is 16.2. The summed E-state index contributed by atoms with van der Waals surface area (Å²) in [6.07, 6.45) is 0.722. The number of carbonyl (C=O) groups is 2. The molecule has 0 heterocycles. The molecule has 148 valence electrons. The number of amides is 2. The lowest BCUT2D eigenvalue weighted by Gasteiger charge is -2.22. The van der Waals surface area contributed by atoms with E-state index in [4.69, 9.17) is 0 Å². The summed E-state index contributed by atoms with van der Waals surface area (Å²) in [4.78, 5) is 25.5. The Balaban J connectivity index is 1.74. The Morgan fingerprint density at radius 1 is 0.793 bits per heavy atom. The summed E-state index contributed by atoms with van der Waals surface area (Å²) in [6.45, 7) is 3.84. The summed E-state index contributed by atoms with van der Waals surface area (Å²) in [6, 6.07) is 26.2. The minimum Gasteiger partial charge on any atom is -0.340 e. The SMILES string of the molecule is CC(C)[C@@H](NC(=O)c1ccccc1)C(=O)Nc1ccccc1Cc1ccccc1. The molecule has 0 saturated carbocycles. The van der Waals surface area contributed by atoms with Crippen molar-refractivity contribution < 1.29 is 9.59 Å². The maximum atomic E-state index is 13.0. The monoisotopic (exact) mass is 386 g/mol. The third-order valence-electron chi connectivity index (χ3n) is 4.78. The predicted octanol–water partition coefficient (Wildman–Crippen LogP) is 4.67. The number of rotatable bonds is 7. The molecule has 4 nitrogen and oxygen atoms in total. The third-order valence-corrected chi connectivity index (χ3v) is 4.78. The Hall–Kier alpha value is -3.40. The van der Waals surface area contributed by atoms with Crippen molar-refractivity contribution in [3.8, 4) is 0 Å². The summed E-state index contributed by atoms with van der Waals surface area (Å²) in [7, 11) is 0. The lowest BCUT2D eigenvalue weighted by molar-refractivity contribution is -0.118. The molecule has 0 radical (unpaired) electrons. The normalized spacial score (nSPS) is 11.7. The van der Waals surface area contributed by atoms with Crippen molar-refractivity contribution in [2.45, 2.75) is 26.3 Å². The van der Waals surface area contributed by atoms with Crippen molar-refractivity contribution in [1.29, 1.82) is 0 Å². The largest absolute Gasteiger partial charge is 0.340 e. The van der Waals surface area contributed by atoms with Crippen LogP contribution in [-0.2, 0) is 11.2 Å². The zero-order chi connectivity index (χ0) is 20.6. The average Bonchev–Trinajstić information content (AvgIpc) is 2.74. The highest BCUT2D eigenvalue weighted by molar-refractivity contribution is 6.01. The molecule has 0 spiro atoms. The van der Waals surface area contributed by atoms with Crippen LogP contribution in [0.2, 0.25) is 0 Å². The zero-order valence-corrected chi connectivity index (χ0v) is 16.8. The number of anilines is 1. The van der Waals surface area contributed by atoms with Crippen LogP contribution in [0.4, 0.5) is 5.69 Å². The van der Waals surface area contributed by atoms with Crippen LogP contribution in [0.15, 0.2) is 84.9 Å². The van der Waals surface area contributed by atoms with E-state index in [1.807, 2.05) is 62.4 Å². The number of nitrogens with one attached hydrogen (secondary N) is 2. The van der Waals surface area contributed by atoms with Crippen LogP contribution in [0.1, 0.15) is 35.3 Å². The maximum absolute atomic E-state index is 13.0. The van der Waals surface area contributed by atoms with Gasteiger partial charge in [0.2, 0.25) is 5.91 Å². The summed E-state index contributed by atoms with van der Waals surface area (Å²) in [5, 5.41) is 5.89. The Bertz CT molecular complexity index is 953. The van der Waals surface area contributed by atoms with E-state index >= 15 is 0 Å². The number of para-hydroxylation sites is 1. The van der Waals surface area contributed by atoms with Gasteiger partial charge in [-0.1, -0.05) is 80.6 Å². The molecular weight excluding hydrogens is 360 g/mol. The van der Waals surface area contributed by atoms with Crippen LogP contribution in [-0.4, -0.2) is 17.9 Å². The van der Waals surface area contributed by atoms with Crippen molar-refractivity contribution in [2.75, 3.05) is 5.32 Å². The van der Waals surface area contributed by atoms with Crippen LogP contribution in [0.3, 0.4) is 0 Å². The van der Waals surface area contributed by atoms with Gasteiger partial charge in [0.05, 0.1) is 0 Å². The molecule has 1 atom stereocenters. The fraction of sp³-hybridized carbons (Fsp3) is 0.200.